The van der Waals surface area contributed by atoms with Gasteiger partial charge in [0.15, 0.2) is 0 Å². The molecular formula is C16H21N. The van der Waals surface area contributed by atoms with Crippen molar-refractivity contribution in [2.45, 2.75) is 33.7 Å². The van der Waals surface area contributed by atoms with Crippen LogP contribution in [0.15, 0.2) is 53.1 Å². The summed E-state index contributed by atoms with van der Waals surface area (Å²) in [6, 6.07) is 8.48. The molecule has 1 nitrogen and oxygen atoms in total. The molecule has 0 heterocycles. The molecule has 1 aromatic carbocycles. The van der Waals surface area contributed by atoms with Crippen molar-refractivity contribution in [2.24, 2.45) is 4.99 Å². The van der Waals surface area contributed by atoms with E-state index in [2.05, 4.69) is 55.8 Å². The molecule has 0 aliphatic heterocycles. The van der Waals surface area contributed by atoms with E-state index in [4.69, 9.17) is 0 Å². The summed E-state index contributed by atoms with van der Waals surface area (Å²) in [5, 5.41) is 0. The highest BCUT2D eigenvalue weighted by atomic mass is 14.7. The van der Waals surface area contributed by atoms with Gasteiger partial charge in [-0.2, -0.15) is 0 Å². The highest BCUT2D eigenvalue weighted by molar-refractivity contribution is 5.83. The number of benzene rings is 1. The van der Waals surface area contributed by atoms with Crippen molar-refractivity contribution in [2.75, 3.05) is 0 Å². The Balaban J connectivity index is 2.63. The van der Waals surface area contributed by atoms with Crippen LogP contribution < -0.4 is 0 Å². The van der Waals surface area contributed by atoms with Crippen molar-refractivity contribution >= 4 is 6.21 Å². The monoisotopic (exact) mass is 227 g/mol. The molecule has 0 unspecified atom stereocenters. The standard InChI is InChI=1S/C16H21N/c1-5-6-16(13(2)3)12-17-11-15-9-7-14(4)8-10-15/h6-10,12H,2,5,11H2,1,3-4H3/b16-6+,17-12?. The Morgan fingerprint density at radius 1 is 1.29 bits per heavy atom. The minimum Gasteiger partial charge on any atom is -0.288 e. The first-order chi connectivity index (χ1) is 8.13. The lowest BCUT2D eigenvalue weighted by Gasteiger charge is -2.00. The van der Waals surface area contributed by atoms with Crippen LogP contribution in [-0.4, -0.2) is 6.21 Å². The summed E-state index contributed by atoms with van der Waals surface area (Å²) >= 11 is 0. The zero-order valence-corrected chi connectivity index (χ0v) is 11.0. The highest BCUT2D eigenvalue weighted by Gasteiger charge is 1.93. The largest absolute Gasteiger partial charge is 0.288 e. The van der Waals surface area contributed by atoms with E-state index in [-0.39, 0.29) is 0 Å². The van der Waals surface area contributed by atoms with Crippen LogP contribution in [-0.2, 0) is 6.54 Å². The first-order valence-corrected chi connectivity index (χ1v) is 6.05. The molecule has 90 valence electrons. The Hall–Kier alpha value is -1.63. The third-order valence-electron chi connectivity index (χ3n) is 2.54. The summed E-state index contributed by atoms with van der Waals surface area (Å²) in [5.74, 6) is 0. The molecular weight excluding hydrogens is 206 g/mol. The lowest BCUT2D eigenvalue weighted by molar-refractivity contribution is 1.07. The number of rotatable bonds is 5. The van der Waals surface area contributed by atoms with E-state index in [1.165, 1.54) is 11.1 Å². The Labute approximate surface area is 105 Å². The van der Waals surface area contributed by atoms with Crippen LogP contribution in [0.25, 0.3) is 0 Å². The maximum atomic E-state index is 4.46. The van der Waals surface area contributed by atoms with E-state index in [1.807, 2.05) is 13.1 Å². The number of hydrogen-bond donors (Lipinski definition) is 0. The van der Waals surface area contributed by atoms with Gasteiger partial charge in [0.1, 0.15) is 0 Å². The van der Waals surface area contributed by atoms with Gasteiger partial charge in [0.05, 0.1) is 6.54 Å². The Bertz CT molecular complexity index is 421. The van der Waals surface area contributed by atoms with Gasteiger partial charge in [-0.1, -0.05) is 49.4 Å². The molecule has 0 spiro atoms. The fourth-order valence-electron chi connectivity index (χ4n) is 1.50. The second-order valence-corrected chi connectivity index (χ2v) is 4.30. The zero-order valence-electron chi connectivity index (χ0n) is 11.0. The summed E-state index contributed by atoms with van der Waals surface area (Å²) in [6.45, 7) is 10.9. The third kappa shape index (κ3) is 4.81. The van der Waals surface area contributed by atoms with Gasteiger partial charge in [0.2, 0.25) is 0 Å². The number of hydrogen-bond acceptors (Lipinski definition) is 1. The minimum absolute atomic E-state index is 0.731. The molecule has 0 atom stereocenters. The summed E-state index contributed by atoms with van der Waals surface area (Å²) in [7, 11) is 0. The number of aliphatic imine (C=N–C) groups is 1. The maximum Gasteiger partial charge on any atom is 0.0639 e. The molecule has 0 fully saturated rings. The van der Waals surface area contributed by atoms with Gasteiger partial charge in [0, 0.05) is 6.21 Å². The summed E-state index contributed by atoms with van der Waals surface area (Å²) < 4.78 is 0. The SMILES string of the molecule is C=C(C)/C(C=NCc1ccc(C)cc1)=C/CC. The normalized spacial score (nSPS) is 12.1. The van der Waals surface area contributed by atoms with Gasteiger partial charge in [-0.15, -0.1) is 0 Å². The fraction of sp³-hybridized carbons (Fsp3) is 0.312. The van der Waals surface area contributed by atoms with E-state index in [1.54, 1.807) is 0 Å². The van der Waals surface area contributed by atoms with Crippen LogP contribution in [0.2, 0.25) is 0 Å². The van der Waals surface area contributed by atoms with E-state index >= 15 is 0 Å². The Morgan fingerprint density at radius 3 is 2.47 bits per heavy atom. The predicted molar refractivity (Wildman–Crippen MR) is 76.6 cm³/mol. The van der Waals surface area contributed by atoms with Crippen LogP contribution in [0.4, 0.5) is 0 Å². The number of aryl methyl sites for hydroxylation is 1. The summed E-state index contributed by atoms with van der Waals surface area (Å²) in [6.07, 6.45) is 5.09. The topological polar surface area (TPSA) is 12.4 Å². The quantitative estimate of drug-likeness (QED) is 0.519. The Morgan fingerprint density at radius 2 is 1.94 bits per heavy atom. The lowest BCUT2D eigenvalue weighted by Crippen LogP contribution is -1.88. The smallest absolute Gasteiger partial charge is 0.0639 e. The van der Waals surface area contributed by atoms with Crippen molar-refractivity contribution in [1.29, 1.82) is 0 Å². The summed E-state index contributed by atoms with van der Waals surface area (Å²) in [4.78, 5) is 4.46. The van der Waals surface area contributed by atoms with Crippen molar-refractivity contribution in [3.8, 4) is 0 Å². The van der Waals surface area contributed by atoms with E-state index in [0.29, 0.717) is 0 Å². The molecule has 0 N–H and O–H groups in total. The van der Waals surface area contributed by atoms with Gasteiger partial charge >= 0.3 is 0 Å². The Kier molecular flexibility index (Phi) is 5.41. The van der Waals surface area contributed by atoms with E-state index in [9.17, 15) is 0 Å². The van der Waals surface area contributed by atoms with Crippen molar-refractivity contribution < 1.29 is 0 Å². The number of nitrogens with zero attached hydrogens (tertiary/aromatic N) is 1. The van der Waals surface area contributed by atoms with Gasteiger partial charge < -0.3 is 0 Å². The molecule has 0 amide bonds. The number of allylic oxidation sites excluding steroid dienone is 3. The predicted octanol–water partition coefficient (Wildman–Crippen LogP) is 4.48. The first-order valence-electron chi connectivity index (χ1n) is 6.05. The second kappa shape index (κ2) is 6.85. The van der Waals surface area contributed by atoms with Gasteiger partial charge in [0.25, 0.3) is 0 Å². The van der Waals surface area contributed by atoms with E-state index < -0.39 is 0 Å². The molecule has 0 radical (unpaired) electrons. The molecule has 0 bridgehead atoms. The lowest BCUT2D eigenvalue weighted by atomic mass is 10.1. The van der Waals surface area contributed by atoms with Gasteiger partial charge in [-0.05, 0) is 37.0 Å². The van der Waals surface area contributed by atoms with Crippen LogP contribution >= 0.6 is 0 Å². The minimum atomic E-state index is 0.731. The molecule has 1 rings (SSSR count). The fourth-order valence-corrected chi connectivity index (χ4v) is 1.50. The zero-order chi connectivity index (χ0) is 12.7. The molecule has 1 aromatic rings. The summed E-state index contributed by atoms with van der Waals surface area (Å²) in [5.41, 5.74) is 4.73. The molecule has 0 aromatic heterocycles. The van der Waals surface area contributed by atoms with Crippen LogP contribution in [0.1, 0.15) is 31.4 Å². The van der Waals surface area contributed by atoms with Gasteiger partial charge in [-0.25, -0.2) is 0 Å². The van der Waals surface area contributed by atoms with Crippen LogP contribution in [0.5, 0.6) is 0 Å². The molecule has 0 aliphatic rings. The molecule has 1 heteroatoms. The second-order valence-electron chi connectivity index (χ2n) is 4.30. The van der Waals surface area contributed by atoms with Crippen LogP contribution in [0, 0.1) is 6.92 Å². The third-order valence-corrected chi connectivity index (χ3v) is 2.54. The van der Waals surface area contributed by atoms with Crippen molar-refractivity contribution in [1.82, 2.24) is 0 Å². The van der Waals surface area contributed by atoms with Crippen molar-refractivity contribution in [3.63, 3.8) is 0 Å². The average molecular weight is 227 g/mol. The molecule has 17 heavy (non-hydrogen) atoms. The highest BCUT2D eigenvalue weighted by Crippen LogP contribution is 2.07. The average Bonchev–Trinajstić information content (AvgIpc) is 2.30. The first kappa shape index (κ1) is 13.4. The van der Waals surface area contributed by atoms with E-state index in [0.717, 1.165) is 24.1 Å². The molecule has 0 saturated heterocycles. The van der Waals surface area contributed by atoms with Gasteiger partial charge in [-0.3, -0.25) is 4.99 Å². The van der Waals surface area contributed by atoms with Crippen molar-refractivity contribution in [3.05, 3.63) is 59.2 Å². The maximum absolute atomic E-state index is 4.46. The molecule has 0 aliphatic carbocycles. The molecule has 0 saturated carbocycles. The van der Waals surface area contributed by atoms with Crippen LogP contribution in [0.3, 0.4) is 0 Å².